The van der Waals surface area contributed by atoms with Crippen LogP contribution in [0.25, 0.3) is 16.6 Å². The molecule has 0 spiro atoms. The molecule has 0 unspecified atom stereocenters. The molecule has 1 aromatic carbocycles. The number of rotatable bonds is 4. The molecule has 3 aromatic heterocycles. The topological polar surface area (TPSA) is 117 Å². The number of aromatic nitrogens is 3. The molecule has 0 radical (unpaired) electrons. The number of benzene rings is 1. The fourth-order valence-electron chi connectivity index (χ4n) is 4.35. The first kappa shape index (κ1) is 22.5. The number of pyridine rings is 3. The largest absolute Gasteiger partial charge is 0.477 e. The molecular formula is C25H20ClN5O4. The van der Waals surface area contributed by atoms with Crippen LogP contribution in [0.1, 0.15) is 34.1 Å². The Balaban J connectivity index is 1.72. The van der Waals surface area contributed by atoms with Crippen molar-refractivity contribution in [3.05, 3.63) is 86.6 Å². The van der Waals surface area contributed by atoms with Crippen molar-refractivity contribution < 1.29 is 14.7 Å². The van der Waals surface area contributed by atoms with Gasteiger partial charge in [0.25, 0.3) is 0 Å². The summed E-state index contributed by atoms with van der Waals surface area (Å²) in [5, 5.41) is 12.8. The molecular weight excluding hydrogens is 470 g/mol. The number of nitrogens with one attached hydrogen (secondary N) is 1. The first-order valence-corrected chi connectivity index (χ1v) is 11.1. The van der Waals surface area contributed by atoms with E-state index in [4.69, 9.17) is 11.6 Å². The third-order valence-corrected chi connectivity index (χ3v) is 6.28. The summed E-state index contributed by atoms with van der Waals surface area (Å²) in [6.07, 6.45) is 4.57. The van der Waals surface area contributed by atoms with Gasteiger partial charge in [-0.1, -0.05) is 17.7 Å². The Morgan fingerprint density at radius 2 is 1.94 bits per heavy atom. The fourth-order valence-corrected chi connectivity index (χ4v) is 4.63. The van der Waals surface area contributed by atoms with Gasteiger partial charge in [-0.3, -0.25) is 14.6 Å². The Bertz CT molecular complexity index is 1570. The van der Waals surface area contributed by atoms with E-state index in [0.717, 1.165) is 16.8 Å². The number of nitrogens with zero attached hydrogens (tertiary/aromatic N) is 4. The van der Waals surface area contributed by atoms with E-state index in [0.29, 0.717) is 40.8 Å². The highest BCUT2D eigenvalue weighted by atomic mass is 35.5. The number of hydrogen-bond donors (Lipinski definition) is 2. The highest BCUT2D eigenvalue weighted by Crippen LogP contribution is 2.36. The summed E-state index contributed by atoms with van der Waals surface area (Å²) in [5.74, 6) is -1.23. The number of carboxylic acid groups (broad SMARTS) is 1. The summed E-state index contributed by atoms with van der Waals surface area (Å²) in [5.41, 5.74) is 3.51. The van der Waals surface area contributed by atoms with Crippen molar-refractivity contribution in [1.29, 1.82) is 0 Å². The lowest BCUT2D eigenvalue weighted by molar-refractivity contribution is -0.114. The molecule has 35 heavy (non-hydrogen) atoms. The predicted molar refractivity (Wildman–Crippen MR) is 132 cm³/mol. The van der Waals surface area contributed by atoms with Gasteiger partial charge >= 0.3 is 5.97 Å². The SMILES string of the molecule is CC(=O)Nc1cc(C)c(-n2cc(C(=O)O)c(=O)c3cc(Cl)c(N4Cc5cccnc5C4)cc32)cn1. The van der Waals surface area contributed by atoms with Gasteiger partial charge in [0.1, 0.15) is 11.4 Å². The molecule has 1 aliphatic rings. The fraction of sp³-hybridized carbons (Fsp3) is 0.160. The van der Waals surface area contributed by atoms with Gasteiger partial charge in [0.2, 0.25) is 11.3 Å². The maximum Gasteiger partial charge on any atom is 0.341 e. The Morgan fingerprint density at radius 1 is 1.14 bits per heavy atom. The number of carbonyl (C=O) groups is 2. The van der Waals surface area contributed by atoms with Crippen LogP contribution in [0.15, 0.2) is 53.7 Å². The number of carbonyl (C=O) groups excluding carboxylic acids is 1. The molecule has 1 aliphatic heterocycles. The zero-order valence-electron chi connectivity index (χ0n) is 18.9. The number of aryl methyl sites for hydroxylation is 1. The Morgan fingerprint density at radius 3 is 2.63 bits per heavy atom. The van der Waals surface area contributed by atoms with Gasteiger partial charge in [0.05, 0.1) is 40.3 Å². The quantitative estimate of drug-likeness (QED) is 0.446. The van der Waals surface area contributed by atoms with E-state index in [1.807, 2.05) is 19.1 Å². The summed E-state index contributed by atoms with van der Waals surface area (Å²) in [7, 11) is 0. The van der Waals surface area contributed by atoms with Crippen LogP contribution in [-0.4, -0.2) is 31.5 Å². The van der Waals surface area contributed by atoms with Crippen LogP contribution in [0, 0.1) is 6.92 Å². The number of aromatic carboxylic acids is 1. The normalized spacial score (nSPS) is 12.6. The highest BCUT2D eigenvalue weighted by molar-refractivity contribution is 6.34. The van der Waals surface area contributed by atoms with Crippen molar-refractivity contribution in [2.45, 2.75) is 26.9 Å². The maximum absolute atomic E-state index is 13.0. The molecule has 0 aliphatic carbocycles. The van der Waals surface area contributed by atoms with E-state index >= 15 is 0 Å². The Hall–Kier alpha value is -4.24. The van der Waals surface area contributed by atoms with Crippen LogP contribution in [0.4, 0.5) is 11.5 Å². The van der Waals surface area contributed by atoms with E-state index in [-0.39, 0.29) is 16.9 Å². The molecule has 5 rings (SSSR count). The second kappa shape index (κ2) is 8.52. The lowest BCUT2D eigenvalue weighted by Crippen LogP contribution is -2.20. The van der Waals surface area contributed by atoms with Crippen LogP contribution in [0.5, 0.6) is 0 Å². The number of hydrogen-bond acceptors (Lipinski definition) is 6. The van der Waals surface area contributed by atoms with Gasteiger partial charge in [-0.25, -0.2) is 9.78 Å². The Kier molecular flexibility index (Phi) is 5.49. The number of halogens is 1. The van der Waals surface area contributed by atoms with Crippen LogP contribution >= 0.6 is 11.6 Å². The summed E-state index contributed by atoms with van der Waals surface area (Å²) < 4.78 is 1.63. The average Bonchev–Trinajstić information content (AvgIpc) is 3.23. The third-order valence-electron chi connectivity index (χ3n) is 5.98. The lowest BCUT2D eigenvalue weighted by Gasteiger charge is -2.22. The van der Waals surface area contributed by atoms with Crippen molar-refractivity contribution in [2.24, 2.45) is 0 Å². The van der Waals surface area contributed by atoms with Crippen molar-refractivity contribution in [3.8, 4) is 5.69 Å². The minimum absolute atomic E-state index is 0.179. The van der Waals surface area contributed by atoms with Crippen LogP contribution in [-0.2, 0) is 17.9 Å². The van der Waals surface area contributed by atoms with Crippen LogP contribution < -0.4 is 15.6 Å². The molecule has 10 heteroatoms. The third kappa shape index (κ3) is 4.00. The van der Waals surface area contributed by atoms with Crippen molar-refractivity contribution in [3.63, 3.8) is 0 Å². The number of anilines is 2. The molecule has 0 bridgehead atoms. The van der Waals surface area contributed by atoms with E-state index < -0.39 is 11.4 Å². The van der Waals surface area contributed by atoms with Gasteiger partial charge in [0.15, 0.2) is 0 Å². The summed E-state index contributed by atoms with van der Waals surface area (Å²) >= 11 is 6.62. The van der Waals surface area contributed by atoms with Gasteiger partial charge in [-0.05, 0) is 42.3 Å². The summed E-state index contributed by atoms with van der Waals surface area (Å²) in [6, 6.07) is 8.88. The van der Waals surface area contributed by atoms with E-state index in [1.54, 1.807) is 22.9 Å². The van der Waals surface area contributed by atoms with Crippen LogP contribution in [0.2, 0.25) is 5.02 Å². The summed E-state index contributed by atoms with van der Waals surface area (Å²) in [6.45, 7) is 4.37. The summed E-state index contributed by atoms with van der Waals surface area (Å²) in [4.78, 5) is 47.1. The van der Waals surface area contributed by atoms with E-state index in [9.17, 15) is 19.5 Å². The lowest BCUT2D eigenvalue weighted by atomic mass is 10.1. The minimum Gasteiger partial charge on any atom is -0.477 e. The molecule has 0 fully saturated rings. The number of amides is 1. The monoisotopic (exact) mass is 489 g/mol. The molecule has 4 heterocycles. The molecule has 0 saturated carbocycles. The second-order valence-corrected chi connectivity index (χ2v) is 8.78. The Labute approximate surface area is 204 Å². The van der Waals surface area contributed by atoms with Gasteiger partial charge in [-0.2, -0.15) is 0 Å². The van der Waals surface area contributed by atoms with Crippen molar-refractivity contribution in [2.75, 3.05) is 10.2 Å². The minimum atomic E-state index is -1.34. The van der Waals surface area contributed by atoms with Crippen LogP contribution in [0.3, 0.4) is 0 Å². The van der Waals surface area contributed by atoms with Gasteiger partial charge in [0, 0.05) is 31.2 Å². The standard InChI is InChI=1S/C25H20ClN5O4/c1-13-6-23(29-14(2)32)28-9-22(13)31-11-17(25(34)35)24(33)16-7-18(26)21(8-20(16)31)30-10-15-4-3-5-27-19(15)12-30/h3-9,11H,10,12H2,1-2H3,(H,34,35)(H,28,29,32). The molecule has 4 aromatic rings. The smallest absolute Gasteiger partial charge is 0.341 e. The van der Waals surface area contributed by atoms with Crippen molar-refractivity contribution in [1.82, 2.24) is 14.5 Å². The first-order chi connectivity index (χ1) is 16.7. The van der Waals surface area contributed by atoms with E-state index in [1.165, 1.54) is 25.4 Å². The van der Waals surface area contributed by atoms with Crippen molar-refractivity contribution >= 4 is 45.9 Å². The zero-order valence-corrected chi connectivity index (χ0v) is 19.6. The number of carboxylic acids is 1. The van der Waals surface area contributed by atoms with E-state index in [2.05, 4.69) is 20.2 Å². The first-order valence-electron chi connectivity index (χ1n) is 10.8. The highest BCUT2D eigenvalue weighted by Gasteiger charge is 2.24. The second-order valence-electron chi connectivity index (χ2n) is 8.37. The molecule has 176 valence electrons. The molecule has 1 amide bonds. The average molecular weight is 490 g/mol. The van der Waals surface area contributed by atoms with Gasteiger partial charge < -0.3 is 19.9 Å². The molecule has 2 N–H and O–H groups in total. The zero-order chi connectivity index (χ0) is 24.9. The molecule has 0 saturated heterocycles. The molecule has 0 atom stereocenters. The maximum atomic E-state index is 13.0. The molecule has 9 nitrogen and oxygen atoms in total. The predicted octanol–water partition coefficient (Wildman–Crippen LogP) is 3.92. The van der Waals surface area contributed by atoms with Gasteiger partial charge in [-0.15, -0.1) is 0 Å². The number of fused-ring (bicyclic) bond motifs is 2.